The lowest BCUT2D eigenvalue weighted by atomic mass is 9.97. The number of benzene rings is 1. The van der Waals surface area contributed by atoms with Gasteiger partial charge in [-0.15, -0.1) is 0 Å². The van der Waals surface area contributed by atoms with E-state index in [0.717, 1.165) is 63.0 Å². The van der Waals surface area contributed by atoms with Gasteiger partial charge in [0, 0.05) is 31.1 Å². The lowest BCUT2D eigenvalue weighted by molar-refractivity contribution is -0.125. The molecule has 0 unspecified atom stereocenters. The zero-order valence-corrected chi connectivity index (χ0v) is 14.2. The first-order valence-corrected chi connectivity index (χ1v) is 9.11. The summed E-state index contributed by atoms with van der Waals surface area (Å²) in [7, 11) is 0. The van der Waals surface area contributed by atoms with E-state index >= 15 is 0 Å². The fraction of sp³-hybridized carbons (Fsp3) is 0.579. The average Bonchev–Trinajstić information content (AvgIpc) is 2.67. The minimum Gasteiger partial charge on any atom is -0.352 e. The van der Waals surface area contributed by atoms with Gasteiger partial charge >= 0.3 is 0 Å². The van der Waals surface area contributed by atoms with E-state index in [4.69, 9.17) is 0 Å². The molecule has 2 N–H and O–H groups in total. The Morgan fingerprint density at radius 3 is 2.38 bits per heavy atom. The van der Waals surface area contributed by atoms with Crippen molar-refractivity contribution in [3.05, 3.63) is 35.4 Å². The van der Waals surface area contributed by atoms with Gasteiger partial charge in [0.2, 0.25) is 5.91 Å². The summed E-state index contributed by atoms with van der Waals surface area (Å²) in [5, 5.41) is 6.29. The van der Waals surface area contributed by atoms with E-state index < -0.39 is 0 Å². The fourth-order valence-electron chi connectivity index (χ4n) is 3.46. The van der Waals surface area contributed by atoms with Crippen LogP contribution in [0.2, 0.25) is 0 Å². The van der Waals surface area contributed by atoms with Gasteiger partial charge in [-0.05, 0) is 62.9 Å². The summed E-state index contributed by atoms with van der Waals surface area (Å²) in [6.45, 7) is 4.11. The van der Waals surface area contributed by atoms with Crippen molar-refractivity contribution in [1.29, 1.82) is 0 Å². The lowest BCUT2D eigenvalue weighted by Crippen LogP contribution is -2.37. The van der Waals surface area contributed by atoms with Crippen LogP contribution in [0.25, 0.3) is 0 Å². The Labute approximate surface area is 143 Å². The van der Waals surface area contributed by atoms with Crippen LogP contribution in [0.5, 0.6) is 0 Å². The maximum absolute atomic E-state index is 12.4. The Kier molecular flexibility index (Phi) is 5.86. The number of hydrogen-bond acceptors (Lipinski definition) is 3. The van der Waals surface area contributed by atoms with Crippen molar-refractivity contribution >= 4 is 11.8 Å². The van der Waals surface area contributed by atoms with Gasteiger partial charge in [0.15, 0.2) is 0 Å². The molecule has 0 radical (unpaired) electrons. The van der Waals surface area contributed by atoms with Crippen molar-refractivity contribution in [2.45, 2.75) is 38.6 Å². The molecule has 130 valence electrons. The molecule has 0 atom stereocenters. The molecule has 2 aliphatic rings. The maximum atomic E-state index is 12.4. The highest BCUT2D eigenvalue weighted by Crippen LogP contribution is 2.15. The SMILES string of the molecule is O=C(NCc1ccc(C(=O)N2CCCCC2)cc1)C1CCNCC1. The van der Waals surface area contributed by atoms with Crippen molar-refractivity contribution in [1.82, 2.24) is 15.5 Å². The number of likely N-dealkylation sites (tertiary alicyclic amines) is 1. The molecule has 0 spiro atoms. The second kappa shape index (κ2) is 8.29. The zero-order chi connectivity index (χ0) is 16.8. The average molecular weight is 329 g/mol. The molecule has 2 amide bonds. The highest BCUT2D eigenvalue weighted by molar-refractivity contribution is 5.94. The van der Waals surface area contributed by atoms with Gasteiger partial charge in [0.05, 0.1) is 0 Å². The summed E-state index contributed by atoms with van der Waals surface area (Å²) in [5.74, 6) is 0.399. The van der Waals surface area contributed by atoms with Crippen LogP contribution in [0, 0.1) is 5.92 Å². The topological polar surface area (TPSA) is 61.4 Å². The van der Waals surface area contributed by atoms with Crippen LogP contribution in [0.4, 0.5) is 0 Å². The van der Waals surface area contributed by atoms with Gasteiger partial charge < -0.3 is 15.5 Å². The quantitative estimate of drug-likeness (QED) is 0.887. The Bertz CT molecular complexity index is 558. The minimum absolute atomic E-state index is 0.125. The van der Waals surface area contributed by atoms with E-state index in [0.29, 0.717) is 6.54 Å². The van der Waals surface area contributed by atoms with E-state index in [9.17, 15) is 9.59 Å². The number of piperidine rings is 2. The van der Waals surface area contributed by atoms with Crippen LogP contribution < -0.4 is 10.6 Å². The number of amides is 2. The second-order valence-electron chi connectivity index (χ2n) is 6.79. The van der Waals surface area contributed by atoms with Crippen molar-refractivity contribution in [3.63, 3.8) is 0 Å². The molecule has 0 aromatic heterocycles. The van der Waals surface area contributed by atoms with Gasteiger partial charge in [-0.25, -0.2) is 0 Å². The van der Waals surface area contributed by atoms with Crippen LogP contribution in [0.15, 0.2) is 24.3 Å². The fourth-order valence-corrected chi connectivity index (χ4v) is 3.46. The highest BCUT2D eigenvalue weighted by Gasteiger charge is 2.21. The summed E-state index contributed by atoms with van der Waals surface area (Å²) < 4.78 is 0. The first-order valence-electron chi connectivity index (χ1n) is 9.11. The smallest absolute Gasteiger partial charge is 0.253 e. The summed E-state index contributed by atoms with van der Waals surface area (Å²) in [5.41, 5.74) is 1.78. The molecule has 1 aromatic rings. The number of nitrogens with zero attached hydrogens (tertiary/aromatic N) is 1. The summed E-state index contributed by atoms with van der Waals surface area (Å²) in [6, 6.07) is 7.64. The highest BCUT2D eigenvalue weighted by atomic mass is 16.2. The normalized spacial score (nSPS) is 19.1. The van der Waals surface area contributed by atoms with E-state index in [-0.39, 0.29) is 17.7 Å². The lowest BCUT2D eigenvalue weighted by Gasteiger charge is -2.26. The van der Waals surface area contributed by atoms with Gasteiger partial charge in [0.1, 0.15) is 0 Å². The second-order valence-corrected chi connectivity index (χ2v) is 6.79. The molecule has 3 rings (SSSR count). The molecule has 0 saturated carbocycles. The van der Waals surface area contributed by atoms with Crippen LogP contribution in [-0.2, 0) is 11.3 Å². The molecular formula is C19H27N3O2. The van der Waals surface area contributed by atoms with Crippen LogP contribution >= 0.6 is 0 Å². The molecular weight excluding hydrogens is 302 g/mol. The molecule has 5 nitrogen and oxygen atoms in total. The Balaban J connectivity index is 1.50. The van der Waals surface area contributed by atoms with Crippen LogP contribution in [-0.4, -0.2) is 42.9 Å². The number of rotatable bonds is 4. The molecule has 5 heteroatoms. The summed E-state index contributed by atoms with van der Waals surface area (Å²) in [6.07, 6.45) is 5.25. The van der Waals surface area contributed by atoms with E-state index in [1.807, 2.05) is 29.2 Å². The predicted molar refractivity (Wildman–Crippen MR) is 93.6 cm³/mol. The maximum Gasteiger partial charge on any atom is 0.253 e. The number of hydrogen-bond donors (Lipinski definition) is 2. The number of nitrogens with one attached hydrogen (secondary N) is 2. The molecule has 24 heavy (non-hydrogen) atoms. The molecule has 2 fully saturated rings. The van der Waals surface area contributed by atoms with Crippen molar-refractivity contribution in [3.8, 4) is 0 Å². The third-order valence-corrected chi connectivity index (χ3v) is 5.02. The third kappa shape index (κ3) is 4.35. The molecule has 0 bridgehead atoms. The molecule has 2 heterocycles. The monoisotopic (exact) mass is 329 g/mol. The zero-order valence-electron chi connectivity index (χ0n) is 14.2. The summed E-state index contributed by atoms with van der Waals surface area (Å²) in [4.78, 5) is 26.5. The van der Waals surface area contributed by atoms with Crippen molar-refractivity contribution in [2.24, 2.45) is 5.92 Å². The first-order chi connectivity index (χ1) is 11.7. The molecule has 1 aromatic carbocycles. The molecule has 2 saturated heterocycles. The van der Waals surface area contributed by atoms with Gasteiger partial charge in [0.25, 0.3) is 5.91 Å². The van der Waals surface area contributed by atoms with Gasteiger partial charge in [-0.2, -0.15) is 0 Å². The van der Waals surface area contributed by atoms with Gasteiger partial charge in [-0.3, -0.25) is 9.59 Å². The Hall–Kier alpha value is -1.88. The summed E-state index contributed by atoms with van der Waals surface area (Å²) >= 11 is 0. The van der Waals surface area contributed by atoms with E-state index in [1.165, 1.54) is 6.42 Å². The number of carbonyl (C=O) groups is 2. The van der Waals surface area contributed by atoms with Crippen LogP contribution in [0.1, 0.15) is 48.0 Å². The minimum atomic E-state index is 0.125. The van der Waals surface area contributed by atoms with E-state index in [2.05, 4.69) is 10.6 Å². The van der Waals surface area contributed by atoms with E-state index in [1.54, 1.807) is 0 Å². The Morgan fingerprint density at radius 1 is 1.04 bits per heavy atom. The third-order valence-electron chi connectivity index (χ3n) is 5.02. The predicted octanol–water partition coefficient (Wildman–Crippen LogP) is 1.93. The number of carbonyl (C=O) groups excluding carboxylic acids is 2. The van der Waals surface area contributed by atoms with Crippen molar-refractivity contribution in [2.75, 3.05) is 26.2 Å². The largest absolute Gasteiger partial charge is 0.352 e. The molecule has 2 aliphatic heterocycles. The first kappa shape index (κ1) is 17.0. The van der Waals surface area contributed by atoms with Crippen LogP contribution in [0.3, 0.4) is 0 Å². The van der Waals surface area contributed by atoms with Gasteiger partial charge in [-0.1, -0.05) is 12.1 Å². The van der Waals surface area contributed by atoms with Crippen molar-refractivity contribution < 1.29 is 9.59 Å². The molecule has 0 aliphatic carbocycles. The Morgan fingerprint density at radius 2 is 1.71 bits per heavy atom. The standard InChI is InChI=1S/C19H27N3O2/c23-18(16-8-10-20-11-9-16)21-14-15-4-6-17(7-5-15)19(24)22-12-2-1-3-13-22/h4-7,16,20H,1-3,8-14H2,(H,21,23).